The van der Waals surface area contributed by atoms with Gasteiger partial charge in [0.15, 0.2) is 0 Å². The Bertz CT molecular complexity index is 460. The number of hydrogen-bond acceptors (Lipinski definition) is 3. The molecule has 98 valence electrons. The first-order valence-corrected chi connectivity index (χ1v) is 9.19. The smallest absolute Gasteiger partial charge is 0.0843 e. The standard InChI is InChI=1S/C13H15Br2NS2/c1-2-16-11(6-5-9-4-3-7-17-9)12-8-10(14)13(15)18-12/h3-4,7-8,11,16H,2,5-6H2,1H3. The molecule has 2 aromatic rings. The van der Waals surface area contributed by atoms with E-state index in [-0.39, 0.29) is 0 Å². The number of aryl methyl sites for hydroxylation is 1. The van der Waals surface area contributed by atoms with Crippen LogP contribution in [0, 0.1) is 0 Å². The number of hydrogen-bond donors (Lipinski definition) is 1. The van der Waals surface area contributed by atoms with Gasteiger partial charge in [-0.3, -0.25) is 0 Å². The normalized spacial score (nSPS) is 12.8. The lowest BCUT2D eigenvalue weighted by Crippen LogP contribution is -2.20. The molecule has 0 radical (unpaired) electrons. The fraction of sp³-hybridized carbons (Fsp3) is 0.385. The summed E-state index contributed by atoms with van der Waals surface area (Å²) in [6, 6.07) is 7.01. The second-order valence-electron chi connectivity index (χ2n) is 4.00. The second kappa shape index (κ2) is 7.20. The average Bonchev–Trinajstić information content (AvgIpc) is 2.96. The maximum Gasteiger partial charge on any atom is 0.0843 e. The average molecular weight is 409 g/mol. The van der Waals surface area contributed by atoms with Crippen LogP contribution in [-0.2, 0) is 6.42 Å². The van der Waals surface area contributed by atoms with Crippen LogP contribution in [0.25, 0.3) is 0 Å². The van der Waals surface area contributed by atoms with E-state index in [1.807, 2.05) is 22.7 Å². The van der Waals surface area contributed by atoms with Crippen molar-refractivity contribution in [3.05, 3.63) is 41.6 Å². The molecule has 2 aromatic heterocycles. The Balaban J connectivity index is 2.03. The van der Waals surface area contributed by atoms with Gasteiger partial charge < -0.3 is 5.32 Å². The molecule has 2 rings (SSSR count). The molecule has 0 fully saturated rings. The molecule has 5 heteroatoms. The predicted molar refractivity (Wildman–Crippen MR) is 88.8 cm³/mol. The van der Waals surface area contributed by atoms with Gasteiger partial charge in [-0.15, -0.1) is 22.7 Å². The predicted octanol–water partition coefficient (Wildman–Crippen LogP) is 5.62. The molecule has 0 aliphatic rings. The fourth-order valence-corrected chi connectivity index (χ4v) is 4.79. The van der Waals surface area contributed by atoms with E-state index < -0.39 is 0 Å². The van der Waals surface area contributed by atoms with E-state index in [1.165, 1.54) is 13.5 Å². The highest BCUT2D eigenvalue weighted by atomic mass is 79.9. The number of thiophene rings is 2. The van der Waals surface area contributed by atoms with Crippen molar-refractivity contribution in [2.75, 3.05) is 6.54 Å². The second-order valence-corrected chi connectivity index (χ2v) is 8.29. The number of nitrogens with one attached hydrogen (secondary N) is 1. The molecule has 0 aliphatic carbocycles. The van der Waals surface area contributed by atoms with Crippen LogP contribution >= 0.6 is 54.5 Å². The molecular formula is C13H15Br2NS2. The molecule has 0 aliphatic heterocycles. The molecule has 1 atom stereocenters. The molecule has 1 unspecified atom stereocenters. The lowest BCUT2D eigenvalue weighted by Gasteiger charge is -2.15. The SMILES string of the molecule is CCNC(CCc1cccs1)c1cc(Br)c(Br)s1. The third-order valence-corrected chi connectivity index (χ3v) is 7.02. The Kier molecular flexibility index (Phi) is 5.89. The van der Waals surface area contributed by atoms with Gasteiger partial charge in [0.1, 0.15) is 0 Å². The van der Waals surface area contributed by atoms with Crippen LogP contribution in [0.15, 0.2) is 31.8 Å². The van der Waals surface area contributed by atoms with E-state index in [4.69, 9.17) is 0 Å². The van der Waals surface area contributed by atoms with E-state index in [0.29, 0.717) is 6.04 Å². The zero-order valence-corrected chi connectivity index (χ0v) is 14.9. The highest BCUT2D eigenvalue weighted by Crippen LogP contribution is 2.36. The van der Waals surface area contributed by atoms with Crippen molar-refractivity contribution in [3.63, 3.8) is 0 Å². The third-order valence-electron chi connectivity index (χ3n) is 2.72. The van der Waals surface area contributed by atoms with E-state index in [1.54, 1.807) is 0 Å². The molecule has 1 nitrogen and oxygen atoms in total. The lowest BCUT2D eigenvalue weighted by atomic mass is 10.1. The van der Waals surface area contributed by atoms with Gasteiger partial charge in [-0.05, 0) is 68.8 Å². The van der Waals surface area contributed by atoms with Gasteiger partial charge in [0, 0.05) is 20.3 Å². The summed E-state index contributed by atoms with van der Waals surface area (Å²) >= 11 is 10.8. The summed E-state index contributed by atoms with van der Waals surface area (Å²) in [5.74, 6) is 0. The van der Waals surface area contributed by atoms with Crippen molar-refractivity contribution < 1.29 is 0 Å². The Morgan fingerprint density at radius 3 is 2.78 bits per heavy atom. The highest BCUT2D eigenvalue weighted by molar-refractivity contribution is 9.13. The van der Waals surface area contributed by atoms with E-state index in [9.17, 15) is 0 Å². The van der Waals surface area contributed by atoms with Crippen molar-refractivity contribution >= 4 is 54.5 Å². The molecule has 0 saturated heterocycles. The van der Waals surface area contributed by atoms with Crippen molar-refractivity contribution in [3.8, 4) is 0 Å². The summed E-state index contributed by atoms with van der Waals surface area (Å²) in [4.78, 5) is 2.86. The first-order chi connectivity index (χ1) is 8.70. The van der Waals surface area contributed by atoms with Gasteiger partial charge in [-0.1, -0.05) is 13.0 Å². The van der Waals surface area contributed by atoms with Crippen LogP contribution in [0.1, 0.15) is 29.1 Å². The fourth-order valence-electron chi connectivity index (χ4n) is 1.87. The summed E-state index contributed by atoms with van der Waals surface area (Å²) in [6.45, 7) is 3.16. The molecule has 1 N–H and O–H groups in total. The monoisotopic (exact) mass is 407 g/mol. The Morgan fingerprint density at radius 1 is 1.39 bits per heavy atom. The summed E-state index contributed by atoms with van der Waals surface area (Å²) in [7, 11) is 0. The summed E-state index contributed by atoms with van der Waals surface area (Å²) in [5, 5.41) is 5.72. The van der Waals surface area contributed by atoms with Gasteiger partial charge in [-0.25, -0.2) is 0 Å². The van der Waals surface area contributed by atoms with Crippen LogP contribution in [0.2, 0.25) is 0 Å². The first kappa shape index (κ1) is 14.7. The highest BCUT2D eigenvalue weighted by Gasteiger charge is 2.15. The third kappa shape index (κ3) is 3.90. The molecule has 0 saturated carbocycles. The van der Waals surface area contributed by atoms with Gasteiger partial charge in [-0.2, -0.15) is 0 Å². The molecule has 0 amide bonds. The molecular weight excluding hydrogens is 394 g/mol. The molecule has 0 spiro atoms. The van der Waals surface area contributed by atoms with Crippen molar-refractivity contribution in [1.82, 2.24) is 5.32 Å². The minimum Gasteiger partial charge on any atom is -0.310 e. The van der Waals surface area contributed by atoms with Crippen LogP contribution in [0.3, 0.4) is 0 Å². The summed E-state index contributed by atoms with van der Waals surface area (Å²) < 4.78 is 2.33. The summed E-state index contributed by atoms with van der Waals surface area (Å²) in [5.41, 5.74) is 0. The maximum absolute atomic E-state index is 3.58. The van der Waals surface area contributed by atoms with Crippen molar-refractivity contribution in [2.45, 2.75) is 25.8 Å². The zero-order valence-electron chi connectivity index (χ0n) is 10.1. The molecule has 0 bridgehead atoms. The van der Waals surface area contributed by atoms with Gasteiger partial charge in [0.2, 0.25) is 0 Å². The largest absolute Gasteiger partial charge is 0.310 e. The molecule has 18 heavy (non-hydrogen) atoms. The van der Waals surface area contributed by atoms with Gasteiger partial charge in [0.05, 0.1) is 3.79 Å². The van der Waals surface area contributed by atoms with Crippen molar-refractivity contribution in [1.29, 1.82) is 0 Å². The van der Waals surface area contributed by atoms with Crippen LogP contribution < -0.4 is 5.32 Å². The lowest BCUT2D eigenvalue weighted by molar-refractivity contribution is 0.524. The van der Waals surface area contributed by atoms with Gasteiger partial charge in [0.25, 0.3) is 0 Å². The Morgan fingerprint density at radius 2 is 2.22 bits per heavy atom. The zero-order chi connectivity index (χ0) is 13.0. The van der Waals surface area contributed by atoms with Crippen molar-refractivity contribution in [2.24, 2.45) is 0 Å². The first-order valence-electron chi connectivity index (χ1n) is 5.91. The van der Waals surface area contributed by atoms with Gasteiger partial charge >= 0.3 is 0 Å². The Hall–Kier alpha value is 0.320. The maximum atomic E-state index is 3.58. The minimum absolute atomic E-state index is 0.449. The van der Waals surface area contributed by atoms with E-state index in [0.717, 1.165) is 23.9 Å². The van der Waals surface area contributed by atoms with Crippen LogP contribution in [0.5, 0.6) is 0 Å². The minimum atomic E-state index is 0.449. The van der Waals surface area contributed by atoms with Crippen LogP contribution in [-0.4, -0.2) is 6.54 Å². The quantitative estimate of drug-likeness (QED) is 0.654. The van der Waals surface area contributed by atoms with E-state index >= 15 is 0 Å². The Labute approximate surface area is 133 Å². The van der Waals surface area contributed by atoms with E-state index in [2.05, 4.69) is 67.7 Å². The number of halogens is 2. The molecule has 2 heterocycles. The number of rotatable bonds is 6. The summed E-state index contributed by atoms with van der Waals surface area (Å²) in [6.07, 6.45) is 2.29. The van der Waals surface area contributed by atoms with Crippen LogP contribution in [0.4, 0.5) is 0 Å². The molecule has 0 aromatic carbocycles. The topological polar surface area (TPSA) is 12.0 Å².